The van der Waals surface area contributed by atoms with Gasteiger partial charge in [0.1, 0.15) is 0 Å². The summed E-state index contributed by atoms with van der Waals surface area (Å²) in [5.41, 5.74) is 0. The van der Waals surface area contributed by atoms with Crippen LogP contribution in [0.15, 0.2) is 0 Å². The number of aliphatic hydroxyl groups excluding tert-OH is 1. The van der Waals surface area contributed by atoms with Gasteiger partial charge in [-0.3, -0.25) is 4.79 Å². The molecule has 2 rings (SSSR count). The van der Waals surface area contributed by atoms with Gasteiger partial charge in [0.15, 0.2) is 0 Å². The monoisotopic (exact) mass is 212 g/mol. The quantitative estimate of drug-likeness (QED) is 0.615. The summed E-state index contributed by atoms with van der Waals surface area (Å²) in [6, 6.07) is -0.0369. The summed E-state index contributed by atoms with van der Waals surface area (Å²) in [7, 11) is 0. The minimum Gasteiger partial charge on any atom is -0.391 e. The van der Waals surface area contributed by atoms with Gasteiger partial charge in [-0.25, -0.2) is 0 Å². The number of carbonyl (C=O) groups excluding carboxylic acids is 1. The van der Waals surface area contributed by atoms with Crippen LogP contribution in [-0.4, -0.2) is 36.2 Å². The van der Waals surface area contributed by atoms with E-state index in [1.54, 1.807) is 0 Å². The normalized spacial score (nSPS) is 28.5. The lowest BCUT2D eigenvalue weighted by molar-refractivity contribution is -0.124. The fraction of sp³-hybridized carbons (Fsp3) is 0.909. The zero-order chi connectivity index (χ0) is 10.7. The molecule has 0 aromatic heterocycles. The van der Waals surface area contributed by atoms with Gasteiger partial charge in [0, 0.05) is 6.54 Å². The van der Waals surface area contributed by atoms with E-state index in [1.165, 1.54) is 0 Å². The van der Waals surface area contributed by atoms with Crippen molar-refractivity contribution in [1.29, 1.82) is 0 Å². The van der Waals surface area contributed by atoms with Crippen LogP contribution in [0, 0.1) is 5.92 Å². The van der Waals surface area contributed by atoms with Crippen molar-refractivity contribution in [3.05, 3.63) is 0 Å². The lowest BCUT2D eigenvalue weighted by Crippen LogP contribution is -2.48. The second-order valence-electron chi connectivity index (χ2n) is 4.65. The first-order chi connectivity index (χ1) is 7.27. The Morgan fingerprint density at radius 3 is 2.80 bits per heavy atom. The van der Waals surface area contributed by atoms with Crippen molar-refractivity contribution in [2.24, 2.45) is 5.92 Å². The van der Waals surface area contributed by atoms with Gasteiger partial charge in [0.2, 0.25) is 5.91 Å². The number of piperidine rings is 1. The Hall–Kier alpha value is -0.610. The average Bonchev–Trinajstić information content (AvgIpc) is 3.10. The van der Waals surface area contributed by atoms with E-state index < -0.39 is 0 Å². The Morgan fingerprint density at radius 1 is 1.40 bits per heavy atom. The average molecular weight is 212 g/mol. The van der Waals surface area contributed by atoms with Gasteiger partial charge in [-0.05, 0) is 38.1 Å². The van der Waals surface area contributed by atoms with E-state index in [4.69, 9.17) is 0 Å². The summed E-state index contributed by atoms with van der Waals surface area (Å²) in [6.45, 7) is 1.35. The number of rotatable bonds is 4. The predicted octanol–water partition coefficient (Wildman–Crippen LogP) is 0.0156. The van der Waals surface area contributed by atoms with Crippen molar-refractivity contribution in [1.82, 2.24) is 10.6 Å². The van der Waals surface area contributed by atoms with Crippen LogP contribution in [0.2, 0.25) is 0 Å². The van der Waals surface area contributed by atoms with Crippen LogP contribution in [-0.2, 0) is 4.79 Å². The molecule has 2 atom stereocenters. The Kier molecular flexibility index (Phi) is 3.59. The maximum absolute atomic E-state index is 11.7. The van der Waals surface area contributed by atoms with Crippen LogP contribution in [0.4, 0.5) is 0 Å². The summed E-state index contributed by atoms with van der Waals surface area (Å²) in [5, 5.41) is 15.6. The summed E-state index contributed by atoms with van der Waals surface area (Å²) >= 11 is 0. The van der Waals surface area contributed by atoms with Crippen LogP contribution in [0.3, 0.4) is 0 Å². The topological polar surface area (TPSA) is 61.4 Å². The van der Waals surface area contributed by atoms with E-state index in [2.05, 4.69) is 10.6 Å². The van der Waals surface area contributed by atoms with Gasteiger partial charge in [-0.1, -0.05) is 6.42 Å². The molecule has 1 unspecified atom stereocenters. The van der Waals surface area contributed by atoms with E-state index >= 15 is 0 Å². The van der Waals surface area contributed by atoms with Crippen molar-refractivity contribution in [3.63, 3.8) is 0 Å². The molecule has 0 spiro atoms. The van der Waals surface area contributed by atoms with Gasteiger partial charge in [-0.15, -0.1) is 0 Å². The maximum atomic E-state index is 11.7. The minimum absolute atomic E-state index is 0.0369. The van der Waals surface area contributed by atoms with E-state index in [0.717, 1.165) is 38.6 Å². The molecule has 1 amide bonds. The number of carbonyl (C=O) groups is 1. The maximum Gasteiger partial charge on any atom is 0.237 e. The van der Waals surface area contributed by atoms with Crippen LogP contribution >= 0.6 is 0 Å². The van der Waals surface area contributed by atoms with E-state index in [9.17, 15) is 9.90 Å². The molecular formula is C11H20N2O2. The van der Waals surface area contributed by atoms with E-state index in [-0.39, 0.29) is 18.1 Å². The van der Waals surface area contributed by atoms with E-state index in [0.29, 0.717) is 12.5 Å². The molecule has 0 radical (unpaired) electrons. The standard InChI is InChI=1S/C11H20N2O2/c14-10(8-4-5-8)7-13-11(15)9-3-1-2-6-12-9/h8-10,12,14H,1-7H2,(H,13,15)/t9-,10?/m0/s1. The largest absolute Gasteiger partial charge is 0.391 e. The predicted molar refractivity (Wildman–Crippen MR) is 57.4 cm³/mol. The molecule has 1 aliphatic heterocycles. The van der Waals surface area contributed by atoms with Crippen LogP contribution < -0.4 is 10.6 Å². The Labute approximate surface area is 90.4 Å². The van der Waals surface area contributed by atoms with Crippen molar-refractivity contribution < 1.29 is 9.90 Å². The second kappa shape index (κ2) is 4.94. The van der Waals surface area contributed by atoms with Crippen molar-refractivity contribution in [3.8, 4) is 0 Å². The van der Waals surface area contributed by atoms with Gasteiger partial charge < -0.3 is 15.7 Å². The highest BCUT2D eigenvalue weighted by molar-refractivity contribution is 5.81. The molecule has 3 N–H and O–H groups in total. The number of hydrogen-bond donors (Lipinski definition) is 3. The Morgan fingerprint density at radius 2 is 2.20 bits per heavy atom. The summed E-state index contributed by atoms with van der Waals surface area (Å²) in [5.74, 6) is 0.485. The molecule has 86 valence electrons. The van der Waals surface area contributed by atoms with Gasteiger partial charge >= 0.3 is 0 Å². The molecular weight excluding hydrogens is 192 g/mol. The minimum atomic E-state index is -0.336. The fourth-order valence-corrected chi connectivity index (χ4v) is 2.05. The molecule has 4 nitrogen and oxygen atoms in total. The zero-order valence-corrected chi connectivity index (χ0v) is 9.04. The molecule has 4 heteroatoms. The lowest BCUT2D eigenvalue weighted by atomic mass is 10.0. The molecule has 15 heavy (non-hydrogen) atoms. The van der Waals surface area contributed by atoms with Crippen LogP contribution in [0.25, 0.3) is 0 Å². The van der Waals surface area contributed by atoms with Crippen molar-refractivity contribution in [2.45, 2.75) is 44.2 Å². The molecule has 2 fully saturated rings. The highest BCUT2D eigenvalue weighted by atomic mass is 16.3. The zero-order valence-electron chi connectivity index (χ0n) is 9.04. The molecule has 0 aromatic rings. The highest BCUT2D eigenvalue weighted by Gasteiger charge is 2.30. The number of aliphatic hydroxyl groups is 1. The first kappa shape index (κ1) is 10.9. The second-order valence-corrected chi connectivity index (χ2v) is 4.65. The molecule has 1 aliphatic carbocycles. The van der Waals surface area contributed by atoms with Crippen molar-refractivity contribution in [2.75, 3.05) is 13.1 Å². The van der Waals surface area contributed by atoms with Crippen LogP contribution in [0.5, 0.6) is 0 Å². The smallest absolute Gasteiger partial charge is 0.237 e. The van der Waals surface area contributed by atoms with Gasteiger partial charge in [0.05, 0.1) is 12.1 Å². The fourth-order valence-electron chi connectivity index (χ4n) is 2.05. The number of amides is 1. The van der Waals surface area contributed by atoms with Crippen molar-refractivity contribution >= 4 is 5.91 Å². The highest BCUT2D eigenvalue weighted by Crippen LogP contribution is 2.32. The summed E-state index contributed by atoms with van der Waals surface area (Å²) in [6.07, 6.45) is 5.09. The Balaban J connectivity index is 1.66. The molecule has 1 saturated carbocycles. The first-order valence-corrected chi connectivity index (χ1v) is 5.96. The van der Waals surface area contributed by atoms with Gasteiger partial charge in [-0.2, -0.15) is 0 Å². The molecule has 2 aliphatic rings. The third kappa shape index (κ3) is 3.18. The van der Waals surface area contributed by atoms with Crippen LogP contribution in [0.1, 0.15) is 32.1 Å². The van der Waals surface area contributed by atoms with Gasteiger partial charge in [0.25, 0.3) is 0 Å². The first-order valence-electron chi connectivity index (χ1n) is 5.96. The summed E-state index contributed by atoms with van der Waals surface area (Å²) in [4.78, 5) is 11.7. The van der Waals surface area contributed by atoms with E-state index in [1.807, 2.05) is 0 Å². The lowest BCUT2D eigenvalue weighted by Gasteiger charge is -2.23. The third-order valence-electron chi connectivity index (χ3n) is 3.28. The molecule has 0 aromatic carbocycles. The third-order valence-corrected chi connectivity index (χ3v) is 3.28. The number of nitrogens with one attached hydrogen (secondary N) is 2. The molecule has 1 heterocycles. The number of hydrogen-bond acceptors (Lipinski definition) is 3. The Bertz CT molecular complexity index is 223. The SMILES string of the molecule is O=C(NCC(O)C1CC1)[C@@H]1CCCCN1. The molecule has 1 saturated heterocycles. The summed E-state index contributed by atoms with van der Waals surface area (Å²) < 4.78 is 0. The molecule has 0 bridgehead atoms.